The summed E-state index contributed by atoms with van der Waals surface area (Å²) < 4.78 is 51.1. The van der Waals surface area contributed by atoms with Crippen molar-refractivity contribution in [2.24, 2.45) is 0 Å². The second-order valence-electron chi connectivity index (χ2n) is 18.2. The van der Waals surface area contributed by atoms with E-state index in [1.165, 1.54) is 24.8 Å². The van der Waals surface area contributed by atoms with E-state index in [9.17, 15) is 91.9 Å². The normalized spacial score (nSPS) is 48.9. The van der Waals surface area contributed by atoms with Crippen molar-refractivity contribution in [2.45, 2.75) is 184 Å². The maximum Gasteiger partial charge on any atom is 0.187 e. The van der Waals surface area contributed by atoms with E-state index in [0.29, 0.717) is 11.5 Å². The number of hydrogen-bond donors (Lipinski definition) is 19. The van der Waals surface area contributed by atoms with Crippen molar-refractivity contribution in [3.05, 3.63) is 11.6 Å². The average Bonchev–Trinajstić information content (AvgIpc) is 3.35. The van der Waals surface area contributed by atoms with Gasteiger partial charge in [0.1, 0.15) is 115 Å². The zero-order valence-corrected chi connectivity index (χ0v) is 40.0. The van der Waals surface area contributed by atoms with Crippen molar-refractivity contribution >= 4 is 23.5 Å². The zero-order chi connectivity index (χ0) is 52.0. The van der Waals surface area contributed by atoms with E-state index in [1.807, 2.05) is 0 Å². The number of nitrogens with one attached hydrogen (secondary N) is 1. The fraction of sp³-hybridized carbons (Fsp3) is 0.951. The van der Waals surface area contributed by atoms with E-state index in [-0.39, 0.29) is 31.0 Å². The lowest BCUT2D eigenvalue weighted by atomic mass is 9.86. The molecule has 5 aliphatic heterocycles. The summed E-state index contributed by atoms with van der Waals surface area (Å²) in [6.07, 6.45) is -37.5. The first-order valence-electron chi connectivity index (χ1n) is 23.2. The number of ether oxygens (including phenoxy) is 9. The average molecular weight is 1070 g/mol. The number of rotatable bonds is 21. The predicted molar refractivity (Wildman–Crippen MR) is 236 cm³/mol. The number of hydrogen-bond acceptors (Lipinski definition) is 30. The van der Waals surface area contributed by atoms with Gasteiger partial charge in [-0.3, -0.25) is 0 Å². The van der Waals surface area contributed by atoms with Crippen molar-refractivity contribution in [3.63, 3.8) is 0 Å². The summed E-state index contributed by atoms with van der Waals surface area (Å²) in [5, 5.41) is 191. The van der Waals surface area contributed by atoms with Crippen molar-refractivity contribution in [2.75, 3.05) is 56.9 Å². The van der Waals surface area contributed by atoms with Crippen LogP contribution >= 0.6 is 23.5 Å². The minimum absolute atomic E-state index is 0.00479. The Morgan fingerprint density at radius 2 is 1.10 bits per heavy atom. The van der Waals surface area contributed by atoms with E-state index < -0.39 is 197 Å². The molecule has 0 radical (unpaired) electrons. The Morgan fingerprint density at radius 3 is 1.72 bits per heavy atom. The molecule has 30 heteroatoms. The van der Waals surface area contributed by atoms with Gasteiger partial charge in [0, 0.05) is 23.7 Å². The SMILES string of the molecule is CC1OC(OC2C(CO)O[C@@H](O[C@H]3C(CO)O[C@@H](SCCOCCSCC4C[C@H](O)C(O)[C@H](O[C@H]5C(CO)O[C@@H](O)C(O)[C@H]5O)O4)C(O)[C@H]3O)C(O)[C@H]2O)[C@H](O)[C@@H](O)[C@H]1N[C@@H]1C=C(CO)[C@H](O)C(O)[C@H]1O. The molecule has 6 rings (SSSR count). The molecule has 71 heavy (non-hydrogen) atoms. The highest BCUT2D eigenvalue weighted by molar-refractivity contribution is 7.99. The quantitative estimate of drug-likeness (QED) is 0.0375. The molecule has 5 heterocycles. The fourth-order valence-electron chi connectivity index (χ4n) is 9.12. The zero-order valence-electron chi connectivity index (χ0n) is 38.4. The van der Waals surface area contributed by atoms with Crippen LogP contribution in [0.1, 0.15) is 13.3 Å². The Hall–Kier alpha value is -0.680. The summed E-state index contributed by atoms with van der Waals surface area (Å²) >= 11 is 2.45. The van der Waals surface area contributed by atoms with Crippen molar-refractivity contribution in [3.8, 4) is 0 Å². The molecule has 28 nitrogen and oxygen atoms in total. The van der Waals surface area contributed by atoms with Gasteiger partial charge in [0.05, 0.1) is 70.0 Å². The smallest absolute Gasteiger partial charge is 0.187 e. The maximum absolute atomic E-state index is 11.2. The van der Waals surface area contributed by atoms with E-state index >= 15 is 0 Å². The molecule has 0 aromatic carbocycles. The van der Waals surface area contributed by atoms with Crippen LogP contribution in [0.25, 0.3) is 0 Å². The molecule has 0 aromatic heterocycles. The maximum atomic E-state index is 11.2. The lowest BCUT2D eigenvalue weighted by molar-refractivity contribution is -0.366. The third-order valence-electron chi connectivity index (χ3n) is 13.3. The van der Waals surface area contributed by atoms with Crippen LogP contribution in [-0.4, -0.2) is 320 Å². The van der Waals surface area contributed by atoms with Crippen LogP contribution in [0, 0.1) is 0 Å². The van der Waals surface area contributed by atoms with Gasteiger partial charge < -0.3 is 140 Å². The minimum atomic E-state index is -1.97. The highest BCUT2D eigenvalue weighted by Crippen LogP contribution is 2.36. The number of aliphatic hydroxyl groups is 18. The Morgan fingerprint density at radius 1 is 0.563 bits per heavy atom. The molecule has 0 amide bonds. The van der Waals surface area contributed by atoms with Crippen LogP contribution in [-0.2, 0) is 42.6 Å². The highest BCUT2D eigenvalue weighted by Gasteiger charge is 2.54. The minimum Gasteiger partial charge on any atom is -0.394 e. The molecule has 1 aliphatic carbocycles. The Kier molecular flexibility index (Phi) is 22.7. The van der Waals surface area contributed by atoms with Crippen LogP contribution in [0.4, 0.5) is 0 Å². The van der Waals surface area contributed by atoms with Crippen LogP contribution in [0.3, 0.4) is 0 Å². The third-order valence-corrected chi connectivity index (χ3v) is 15.5. The van der Waals surface area contributed by atoms with Gasteiger partial charge in [-0.1, -0.05) is 6.08 Å². The van der Waals surface area contributed by atoms with E-state index in [1.54, 1.807) is 0 Å². The first-order valence-corrected chi connectivity index (χ1v) is 25.4. The molecule has 5 fully saturated rings. The largest absolute Gasteiger partial charge is 0.394 e. The summed E-state index contributed by atoms with van der Waals surface area (Å²) in [5.74, 6) is 1.03. The van der Waals surface area contributed by atoms with Gasteiger partial charge in [-0.2, -0.15) is 11.8 Å². The van der Waals surface area contributed by atoms with Gasteiger partial charge >= 0.3 is 0 Å². The third kappa shape index (κ3) is 13.9. The lowest BCUT2D eigenvalue weighted by Crippen LogP contribution is -2.68. The summed E-state index contributed by atoms with van der Waals surface area (Å²) in [6.45, 7) is -1.06. The fourth-order valence-corrected chi connectivity index (χ4v) is 11.0. The Balaban J connectivity index is 0.918. The molecule has 0 saturated carbocycles. The standard InChI is InChI=1S/C41H71NO27S2/c1-13-21(42-16-6-14(8-43)22(48)26(52)23(16)49)25(51)31(57)39(62-13)68-35-19(10-45)65-40(32(58)28(35)54)69-36-20(11-46)66-41(33(59)29(36)55)71-5-3-61-2-4-70-12-15-7-17(47)24(50)38(63-15)67-34-18(9-44)64-37(60)30(56)27(34)53/h6,13,15-60H,2-5,7-12H2,1H3/t13?,15?,16-,17+,18?,19?,20?,21+,22+,23+,24?,25+,26?,27-,28-,29-,30?,31-,32?,33?,34+,35?,36+,37-,38+,39?,40+,41+/m1/s1. The summed E-state index contributed by atoms with van der Waals surface area (Å²) in [5.41, 5.74) is -1.09. The molecular weight excluding hydrogens is 1000 g/mol. The van der Waals surface area contributed by atoms with Gasteiger partial charge in [-0.25, -0.2) is 0 Å². The lowest BCUT2D eigenvalue weighted by Gasteiger charge is -2.49. The number of aliphatic hydroxyl groups excluding tert-OH is 18. The first-order chi connectivity index (χ1) is 33.8. The highest BCUT2D eigenvalue weighted by atomic mass is 32.2. The molecule has 5 saturated heterocycles. The summed E-state index contributed by atoms with van der Waals surface area (Å²) in [6, 6.07) is -2.24. The van der Waals surface area contributed by atoms with Gasteiger partial charge in [-0.15, -0.1) is 11.8 Å². The predicted octanol–water partition coefficient (Wildman–Crippen LogP) is -10.4. The van der Waals surface area contributed by atoms with Crippen LogP contribution < -0.4 is 5.32 Å². The van der Waals surface area contributed by atoms with Crippen LogP contribution in [0.5, 0.6) is 0 Å². The molecule has 28 atom stereocenters. The molecule has 0 bridgehead atoms. The molecule has 0 spiro atoms. The first kappa shape index (κ1) is 59.6. The topological polar surface area (TPSA) is 459 Å². The second kappa shape index (κ2) is 27.1. The van der Waals surface area contributed by atoms with Gasteiger partial charge in [0.15, 0.2) is 25.2 Å². The van der Waals surface area contributed by atoms with Crippen LogP contribution in [0.2, 0.25) is 0 Å². The molecule has 0 aromatic rings. The Bertz CT molecular complexity index is 1630. The summed E-state index contributed by atoms with van der Waals surface area (Å²) in [7, 11) is 0. The van der Waals surface area contributed by atoms with E-state index in [0.717, 1.165) is 11.8 Å². The van der Waals surface area contributed by atoms with Crippen molar-refractivity contribution < 1.29 is 135 Å². The Labute approximate surface area is 415 Å². The molecular formula is C41H71NO27S2. The van der Waals surface area contributed by atoms with Crippen LogP contribution in [0.15, 0.2) is 11.6 Å². The second-order valence-corrected chi connectivity index (χ2v) is 20.5. The van der Waals surface area contributed by atoms with Gasteiger partial charge in [0.2, 0.25) is 0 Å². The van der Waals surface area contributed by atoms with Gasteiger partial charge in [0.25, 0.3) is 0 Å². The molecule has 12 unspecified atom stereocenters. The van der Waals surface area contributed by atoms with Crippen molar-refractivity contribution in [1.29, 1.82) is 0 Å². The molecule has 414 valence electrons. The number of thioether (sulfide) groups is 2. The van der Waals surface area contributed by atoms with Gasteiger partial charge in [-0.05, 0) is 12.5 Å². The van der Waals surface area contributed by atoms with Crippen molar-refractivity contribution in [1.82, 2.24) is 5.32 Å². The summed E-state index contributed by atoms with van der Waals surface area (Å²) in [4.78, 5) is 0. The molecule has 6 aliphatic rings. The van der Waals surface area contributed by atoms with E-state index in [2.05, 4.69) is 5.32 Å². The monoisotopic (exact) mass is 1070 g/mol. The molecule has 19 N–H and O–H groups in total. The van der Waals surface area contributed by atoms with E-state index in [4.69, 9.17) is 42.6 Å².